The minimum Gasteiger partial charge on any atom is -0.482 e. The second-order valence-electron chi connectivity index (χ2n) is 5.32. The normalized spacial score (nSPS) is 11.8. The van der Waals surface area contributed by atoms with Crippen LogP contribution in [0.15, 0.2) is 24.3 Å². The number of thiazole rings is 1. The van der Waals surface area contributed by atoms with Crippen LogP contribution in [-0.4, -0.2) is 28.6 Å². The van der Waals surface area contributed by atoms with E-state index in [0.717, 1.165) is 22.7 Å². The van der Waals surface area contributed by atoms with Crippen molar-refractivity contribution >= 4 is 23.2 Å². The molecule has 0 radical (unpaired) electrons. The minimum absolute atomic E-state index is 0.136. The molecule has 1 atom stereocenters. The number of hydrogen-bond donors (Lipinski definition) is 2. The number of nitrogens with one attached hydrogen (secondary N) is 1. The smallest absolute Gasteiger partial charge is 0.341 e. The lowest BCUT2D eigenvalue weighted by molar-refractivity contribution is -0.139. The van der Waals surface area contributed by atoms with E-state index in [-0.39, 0.29) is 18.6 Å². The van der Waals surface area contributed by atoms with Crippen LogP contribution in [-0.2, 0) is 11.2 Å². The Labute approximate surface area is 144 Å². The van der Waals surface area contributed by atoms with Gasteiger partial charge >= 0.3 is 5.97 Å². The number of aromatic nitrogens is 1. The lowest BCUT2D eigenvalue weighted by Gasteiger charge is -2.14. The number of benzene rings is 1. The molecule has 128 valence electrons. The fraction of sp³-hybridized carbons (Fsp3) is 0.353. The predicted octanol–water partition coefficient (Wildman–Crippen LogP) is 2.97. The van der Waals surface area contributed by atoms with E-state index in [4.69, 9.17) is 9.84 Å². The summed E-state index contributed by atoms with van der Waals surface area (Å²) in [6, 6.07) is 6.80. The summed E-state index contributed by atoms with van der Waals surface area (Å²) in [5.41, 5.74) is 1.66. The molecule has 6 nitrogen and oxygen atoms in total. The first-order valence-corrected chi connectivity index (χ1v) is 8.44. The number of carbonyl (C=O) groups excluding carboxylic acids is 1. The van der Waals surface area contributed by atoms with Gasteiger partial charge in [-0.05, 0) is 38.0 Å². The van der Waals surface area contributed by atoms with E-state index in [9.17, 15) is 9.59 Å². The van der Waals surface area contributed by atoms with Crippen molar-refractivity contribution in [3.63, 3.8) is 0 Å². The molecule has 24 heavy (non-hydrogen) atoms. The number of aryl methyl sites for hydroxylation is 2. The second-order valence-corrected chi connectivity index (χ2v) is 6.41. The third kappa shape index (κ3) is 4.55. The number of carboxylic acids is 1. The van der Waals surface area contributed by atoms with Gasteiger partial charge in [-0.3, -0.25) is 4.79 Å². The van der Waals surface area contributed by atoms with Crippen LogP contribution in [0.25, 0.3) is 0 Å². The van der Waals surface area contributed by atoms with Crippen molar-refractivity contribution in [1.82, 2.24) is 10.3 Å². The molecule has 1 amide bonds. The largest absolute Gasteiger partial charge is 0.482 e. The van der Waals surface area contributed by atoms with Gasteiger partial charge in [0.1, 0.15) is 10.6 Å². The van der Waals surface area contributed by atoms with Gasteiger partial charge in [0.15, 0.2) is 6.61 Å². The summed E-state index contributed by atoms with van der Waals surface area (Å²) >= 11 is 1.42. The summed E-state index contributed by atoms with van der Waals surface area (Å²) in [6.07, 6.45) is 0.812. The molecule has 7 heteroatoms. The number of carboxylic acid groups (broad SMARTS) is 1. The number of aliphatic carboxylic acids is 1. The molecule has 0 saturated carbocycles. The predicted molar refractivity (Wildman–Crippen MR) is 91.7 cm³/mol. The van der Waals surface area contributed by atoms with E-state index in [2.05, 4.69) is 10.3 Å². The molecule has 2 rings (SSSR count). The van der Waals surface area contributed by atoms with Crippen LogP contribution in [0.1, 0.15) is 45.8 Å². The molecule has 0 fully saturated rings. The number of ether oxygens (including phenoxy) is 1. The Balaban J connectivity index is 2.00. The second kappa shape index (κ2) is 7.92. The SMILES string of the molecule is CCc1nc(C)c(C(=O)NC(C)c2ccc(OCC(=O)O)cc2)s1. The van der Waals surface area contributed by atoms with Gasteiger partial charge in [-0.15, -0.1) is 11.3 Å². The molecule has 0 aliphatic heterocycles. The molecule has 0 aliphatic rings. The Bertz CT molecular complexity index is 725. The molecule has 0 aliphatic carbocycles. The average molecular weight is 348 g/mol. The number of hydrogen-bond acceptors (Lipinski definition) is 5. The number of carbonyl (C=O) groups is 2. The van der Waals surface area contributed by atoms with E-state index in [1.165, 1.54) is 11.3 Å². The summed E-state index contributed by atoms with van der Waals surface area (Å²) in [4.78, 5) is 27.9. The van der Waals surface area contributed by atoms with Crippen molar-refractivity contribution in [1.29, 1.82) is 0 Å². The lowest BCUT2D eigenvalue weighted by atomic mass is 10.1. The summed E-state index contributed by atoms with van der Waals surface area (Å²) in [5.74, 6) is -0.681. The number of nitrogens with zero attached hydrogens (tertiary/aromatic N) is 1. The average Bonchev–Trinajstić information content (AvgIpc) is 2.94. The van der Waals surface area contributed by atoms with E-state index >= 15 is 0 Å². The molecule has 0 spiro atoms. The van der Waals surface area contributed by atoms with Crippen molar-refractivity contribution in [3.8, 4) is 5.75 Å². The van der Waals surface area contributed by atoms with Gasteiger partial charge in [-0.25, -0.2) is 9.78 Å². The third-order valence-corrected chi connectivity index (χ3v) is 4.74. The van der Waals surface area contributed by atoms with Gasteiger partial charge in [0.25, 0.3) is 5.91 Å². The highest BCUT2D eigenvalue weighted by atomic mass is 32.1. The summed E-state index contributed by atoms with van der Waals surface area (Å²) < 4.78 is 5.09. The van der Waals surface area contributed by atoms with Gasteiger partial charge in [0.2, 0.25) is 0 Å². The molecule has 0 bridgehead atoms. The van der Waals surface area contributed by atoms with Gasteiger partial charge < -0.3 is 15.2 Å². The maximum Gasteiger partial charge on any atom is 0.341 e. The van der Waals surface area contributed by atoms with E-state index < -0.39 is 5.97 Å². The molecule has 1 unspecified atom stereocenters. The van der Waals surface area contributed by atoms with Gasteiger partial charge in [0, 0.05) is 0 Å². The molecule has 1 aromatic heterocycles. The first kappa shape index (κ1) is 17.9. The topological polar surface area (TPSA) is 88.5 Å². The van der Waals surface area contributed by atoms with Crippen LogP contribution in [0.2, 0.25) is 0 Å². The maximum atomic E-state index is 12.4. The van der Waals surface area contributed by atoms with E-state index in [1.807, 2.05) is 20.8 Å². The first-order valence-electron chi connectivity index (χ1n) is 7.62. The molecular formula is C17H20N2O4S. The molecule has 2 aromatic rings. The van der Waals surface area contributed by atoms with E-state index in [1.54, 1.807) is 24.3 Å². The number of rotatable bonds is 7. The Morgan fingerprint density at radius 2 is 2.00 bits per heavy atom. The zero-order valence-corrected chi connectivity index (χ0v) is 14.6. The third-order valence-electron chi connectivity index (χ3n) is 3.44. The minimum atomic E-state index is -1.02. The summed E-state index contributed by atoms with van der Waals surface area (Å²) in [6.45, 7) is 5.36. The first-order chi connectivity index (χ1) is 11.4. The van der Waals surface area contributed by atoms with Crippen LogP contribution in [0.4, 0.5) is 0 Å². The maximum absolute atomic E-state index is 12.4. The summed E-state index contributed by atoms with van der Waals surface area (Å²) in [7, 11) is 0. The van der Waals surface area contributed by atoms with Crippen LogP contribution in [0.5, 0.6) is 5.75 Å². The molecular weight excluding hydrogens is 328 g/mol. The fourth-order valence-electron chi connectivity index (χ4n) is 2.16. The van der Waals surface area contributed by atoms with Crippen molar-refractivity contribution in [3.05, 3.63) is 45.4 Å². The Morgan fingerprint density at radius 3 is 2.54 bits per heavy atom. The van der Waals surface area contributed by atoms with Gasteiger partial charge in [-0.2, -0.15) is 0 Å². The zero-order chi connectivity index (χ0) is 17.7. The van der Waals surface area contributed by atoms with Crippen LogP contribution in [0.3, 0.4) is 0 Å². The quantitative estimate of drug-likeness (QED) is 0.803. The standard InChI is InChI=1S/C17H20N2O4S/c1-4-14-18-11(3)16(24-14)17(22)19-10(2)12-5-7-13(8-6-12)23-9-15(20)21/h5-8,10H,4,9H2,1-3H3,(H,19,22)(H,20,21). The van der Waals surface area contributed by atoms with Crippen LogP contribution in [0, 0.1) is 6.92 Å². The van der Waals surface area contributed by atoms with Crippen molar-refractivity contribution < 1.29 is 19.4 Å². The lowest BCUT2D eigenvalue weighted by Crippen LogP contribution is -2.26. The monoisotopic (exact) mass is 348 g/mol. The highest BCUT2D eigenvalue weighted by Gasteiger charge is 2.17. The fourth-order valence-corrected chi connectivity index (χ4v) is 3.07. The molecule has 1 heterocycles. The molecule has 1 aromatic carbocycles. The Kier molecular flexibility index (Phi) is 5.92. The highest BCUT2D eigenvalue weighted by molar-refractivity contribution is 7.13. The van der Waals surface area contributed by atoms with Crippen LogP contribution < -0.4 is 10.1 Å². The summed E-state index contributed by atoms with van der Waals surface area (Å²) in [5, 5.41) is 12.5. The molecule has 2 N–H and O–H groups in total. The van der Waals surface area contributed by atoms with Gasteiger partial charge in [0.05, 0.1) is 16.7 Å². The van der Waals surface area contributed by atoms with Crippen LogP contribution >= 0.6 is 11.3 Å². The Morgan fingerprint density at radius 1 is 1.33 bits per heavy atom. The zero-order valence-electron chi connectivity index (χ0n) is 13.8. The number of amides is 1. The van der Waals surface area contributed by atoms with Crippen molar-refractivity contribution in [2.45, 2.75) is 33.2 Å². The van der Waals surface area contributed by atoms with Gasteiger partial charge in [-0.1, -0.05) is 19.1 Å². The highest BCUT2D eigenvalue weighted by Crippen LogP contribution is 2.21. The molecule has 0 saturated heterocycles. The van der Waals surface area contributed by atoms with E-state index in [0.29, 0.717) is 10.6 Å². The van der Waals surface area contributed by atoms with Crippen molar-refractivity contribution in [2.24, 2.45) is 0 Å². The van der Waals surface area contributed by atoms with Crippen molar-refractivity contribution in [2.75, 3.05) is 6.61 Å². The Hall–Kier alpha value is -2.41.